The van der Waals surface area contributed by atoms with E-state index in [1.807, 2.05) is 0 Å². The lowest BCUT2D eigenvalue weighted by atomic mass is 9.99. The highest BCUT2D eigenvalue weighted by Gasteiger charge is 2.40. The number of amidine groups is 1. The molecule has 1 fully saturated rings. The Labute approximate surface area is 208 Å². The lowest BCUT2D eigenvalue weighted by Gasteiger charge is -2.43. The van der Waals surface area contributed by atoms with E-state index >= 15 is 0 Å². The van der Waals surface area contributed by atoms with Crippen LogP contribution < -0.4 is 21.5 Å². The van der Waals surface area contributed by atoms with Crippen molar-refractivity contribution in [3.8, 4) is 11.8 Å². The summed E-state index contributed by atoms with van der Waals surface area (Å²) in [7, 11) is 1.40. The van der Waals surface area contributed by atoms with Gasteiger partial charge in [-0.3, -0.25) is 9.36 Å². The van der Waals surface area contributed by atoms with Crippen LogP contribution in [-0.2, 0) is 0 Å². The average molecular weight is 493 g/mol. The molecule has 188 valence electrons. The molecule has 1 atom stereocenters. The van der Waals surface area contributed by atoms with E-state index in [2.05, 4.69) is 34.8 Å². The number of nitrogens with two attached hydrogens (primary N) is 2. The van der Waals surface area contributed by atoms with Crippen molar-refractivity contribution in [2.45, 2.75) is 51.1 Å². The Hall–Kier alpha value is -4.33. The zero-order valence-electron chi connectivity index (χ0n) is 20.3. The molecular formula is C25H29FN8O2. The average Bonchev–Trinajstić information content (AvgIpc) is 3.53. The number of halogens is 1. The van der Waals surface area contributed by atoms with Crippen LogP contribution in [0.2, 0.25) is 0 Å². The van der Waals surface area contributed by atoms with Gasteiger partial charge in [-0.25, -0.2) is 14.4 Å². The number of fused-ring (bicyclic) bond motifs is 1. The van der Waals surface area contributed by atoms with Gasteiger partial charge in [-0.15, -0.1) is 0 Å². The van der Waals surface area contributed by atoms with Crippen molar-refractivity contribution in [1.82, 2.24) is 14.5 Å². The van der Waals surface area contributed by atoms with Crippen molar-refractivity contribution in [2.75, 3.05) is 12.4 Å². The molecule has 0 saturated heterocycles. The number of carbonyl (C=O) groups is 1. The molecule has 1 saturated carbocycles. The third-order valence-electron chi connectivity index (χ3n) is 6.63. The fourth-order valence-electron chi connectivity index (χ4n) is 5.06. The number of imidazole rings is 1. The number of aliphatic imine (C=N–C) groups is 1. The number of hydrogen-bond donors (Lipinski definition) is 3. The lowest BCUT2D eigenvalue weighted by Crippen LogP contribution is -2.47. The number of nitrogens with zero attached hydrogens (tertiary/aromatic N) is 5. The van der Waals surface area contributed by atoms with Gasteiger partial charge in [0.25, 0.3) is 5.91 Å². The number of nitrogens with one attached hydrogen (secondary N) is 1. The standard InChI is InChI=1S/C25H29FN8O2/c1-4-20-23-19(11-27)30-13-33(23)21(12-28)25(34(20)15-7-5-6-8-15)32-14(2)31-18-10-17(26)16(24(29)35)9-22(18)36-3/h9-10,12-13,15,20,31H,2,4-8,28H2,1,3H3,(H2,29,35)/b21-12+,32-25+/t20-/m1/s1. The van der Waals surface area contributed by atoms with Crippen LogP contribution in [0.5, 0.6) is 5.75 Å². The first-order chi connectivity index (χ1) is 17.3. The van der Waals surface area contributed by atoms with E-state index in [1.165, 1.54) is 19.4 Å². The SMILES string of the molecule is C=C(/N=C1\C(=C/N)n2cnc(C#N)c2[C@@H](CC)N1C1CCCC1)Nc1cc(F)c(C(N)=O)cc1OC. The number of nitriles is 1. The number of carbonyl (C=O) groups excluding carboxylic acids is 1. The second-order valence-corrected chi connectivity index (χ2v) is 8.69. The summed E-state index contributed by atoms with van der Waals surface area (Å²) in [6.07, 6.45) is 7.90. The Morgan fingerprint density at radius 1 is 1.44 bits per heavy atom. The van der Waals surface area contributed by atoms with E-state index < -0.39 is 11.7 Å². The van der Waals surface area contributed by atoms with Crippen LogP contribution in [0.15, 0.2) is 42.1 Å². The molecule has 0 bridgehead atoms. The molecule has 36 heavy (non-hydrogen) atoms. The van der Waals surface area contributed by atoms with Gasteiger partial charge in [-0.1, -0.05) is 26.3 Å². The molecule has 1 amide bonds. The number of ether oxygens (including phenoxy) is 1. The predicted molar refractivity (Wildman–Crippen MR) is 134 cm³/mol. The van der Waals surface area contributed by atoms with Crippen LogP contribution in [-0.4, -0.2) is 39.3 Å². The monoisotopic (exact) mass is 492 g/mol. The topological polar surface area (TPSA) is 148 Å². The first-order valence-corrected chi connectivity index (χ1v) is 11.7. The molecule has 1 aromatic carbocycles. The van der Waals surface area contributed by atoms with Gasteiger partial charge in [-0.05, 0) is 25.3 Å². The molecule has 10 nitrogen and oxygen atoms in total. The lowest BCUT2D eigenvalue weighted by molar-refractivity contribution is 0.0996. The van der Waals surface area contributed by atoms with Crippen LogP contribution in [0.25, 0.3) is 5.70 Å². The number of amides is 1. The largest absolute Gasteiger partial charge is 0.495 e. The Morgan fingerprint density at radius 3 is 2.75 bits per heavy atom. The Bertz CT molecular complexity index is 1300. The summed E-state index contributed by atoms with van der Waals surface area (Å²) in [5.41, 5.74) is 13.0. The van der Waals surface area contributed by atoms with E-state index in [1.54, 1.807) is 10.9 Å². The zero-order valence-corrected chi connectivity index (χ0v) is 20.3. The minimum absolute atomic E-state index is 0.137. The van der Waals surface area contributed by atoms with E-state index in [9.17, 15) is 14.4 Å². The normalized spacial score (nSPS) is 19.8. The maximum Gasteiger partial charge on any atom is 0.251 e. The molecule has 4 rings (SSSR count). The molecule has 0 spiro atoms. The van der Waals surface area contributed by atoms with Gasteiger partial charge in [0.05, 0.1) is 30.1 Å². The number of benzene rings is 1. The molecule has 2 heterocycles. The number of methoxy groups -OCH3 is 1. The van der Waals surface area contributed by atoms with Crippen LogP contribution in [0.1, 0.15) is 66.8 Å². The van der Waals surface area contributed by atoms with Gasteiger partial charge in [0, 0.05) is 18.3 Å². The molecule has 2 aliphatic rings. The quantitative estimate of drug-likeness (QED) is 0.536. The van der Waals surface area contributed by atoms with Crippen molar-refractivity contribution in [2.24, 2.45) is 16.5 Å². The highest BCUT2D eigenvalue weighted by molar-refractivity contribution is 6.18. The summed E-state index contributed by atoms with van der Waals surface area (Å²) in [4.78, 5) is 22.8. The second kappa shape index (κ2) is 10.1. The summed E-state index contributed by atoms with van der Waals surface area (Å²) in [6, 6.07) is 4.60. The summed E-state index contributed by atoms with van der Waals surface area (Å²) in [5.74, 6) is -0.703. The summed E-state index contributed by atoms with van der Waals surface area (Å²) in [6.45, 7) is 6.08. The van der Waals surface area contributed by atoms with Crippen molar-refractivity contribution < 1.29 is 13.9 Å². The van der Waals surface area contributed by atoms with Crippen molar-refractivity contribution in [3.05, 3.63) is 59.8 Å². The van der Waals surface area contributed by atoms with E-state index in [-0.39, 0.29) is 34.9 Å². The van der Waals surface area contributed by atoms with Crippen LogP contribution in [0.4, 0.5) is 10.1 Å². The number of anilines is 1. The summed E-state index contributed by atoms with van der Waals surface area (Å²) in [5, 5.41) is 12.7. The molecular weight excluding hydrogens is 463 g/mol. The highest BCUT2D eigenvalue weighted by atomic mass is 19.1. The van der Waals surface area contributed by atoms with Gasteiger partial charge >= 0.3 is 0 Å². The maximum absolute atomic E-state index is 14.5. The number of rotatable bonds is 7. The van der Waals surface area contributed by atoms with Crippen molar-refractivity contribution in [3.63, 3.8) is 0 Å². The molecule has 5 N–H and O–H groups in total. The molecule has 1 aromatic heterocycles. The Balaban J connectivity index is 1.79. The minimum atomic E-state index is -0.901. The molecule has 1 aliphatic heterocycles. The maximum atomic E-state index is 14.5. The fourth-order valence-corrected chi connectivity index (χ4v) is 5.06. The fraction of sp³-hybridized carbons (Fsp3) is 0.360. The van der Waals surface area contributed by atoms with Gasteiger partial charge in [0.1, 0.15) is 35.5 Å². The van der Waals surface area contributed by atoms with E-state index in [0.717, 1.165) is 43.9 Å². The van der Waals surface area contributed by atoms with Gasteiger partial charge in [0.2, 0.25) is 0 Å². The van der Waals surface area contributed by atoms with Crippen LogP contribution >= 0.6 is 0 Å². The smallest absolute Gasteiger partial charge is 0.251 e. The summed E-state index contributed by atoms with van der Waals surface area (Å²) < 4.78 is 21.6. The van der Waals surface area contributed by atoms with Crippen LogP contribution in [0, 0.1) is 17.1 Å². The molecule has 0 radical (unpaired) electrons. The third-order valence-corrected chi connectivity index (χ3v) is 6.63. The second-order valence-electron chi connectivity index (χ2n) is 8.69. The van der Waals surface area contributed by atoms with Gasteiger partial charge < -0.3 is 26.4 Å². The van der Waals surface area contributed by atoms with E-state index in [0.29, 0.717) is 17.2 Å². The zero-order chi connectivity index (χ0) is 26.0. The Morgan fingerprint density at radius 2 is 2.17 bits per heavy atom. The molecule has 2 aromatic rings. The van der Waals surface area contributed by atoms with Crippen LogP contribution in [0.3, 0.4) is 0 Å². The third kappa shape index (κ3) is 4.26. The first kappa shape index (κ1) is 24.8. The van der Waals surface area contributed by atoms with Gasteiger partial charge in [0.15, 0.2) is 11.5 Å². The van der Waals surface area contributed by atoms with Gasteiger partial charge in [-0.2, -0.15) is 5.26 Å². The van der Waals surface area contributed by atoms with Crippen molar-refractivity contribution >= 4 is 23.1 Å². The molecule has 11 heteroatoms. The summed E-state index contributed by atoms with van der Waals surface area (Å²) >= 11 is 0. The molecule has 1 aliphatic carbocycles. The number of aromatic nitrogens is 2. The molecule has 0 unspecified atom stereocenters. The van der Waals surface area contributed by atoms with Crippen molar-refractivity contribution in [1.29, 1.82) is 5.26 Å². The number of hydrogen-bond acceptors (Lipinski definition) is 7. The van der Waals surface area contributed by atoms with E-state index in [4.69, 9.17) is 21.2 Å². The number of primary amides is 1. The highest BCUT2D eigenvalue weighted by Crippen LogP contribution is 2.41. The Kier molecular flexibility index (Phi) is 6.96. The predicted octanol–water partition coefficient (Wildman–Crippen LogP) is 3.45. The first-order valence-electron chi connectivity index (χ1n) is 11.7. The minimum Gasteiger partial charge on any atom is -0.495 e.